The van der Waals surface area contributed by atoms with Crippen LogP contribution in [0, 0.1) is 11.6 Å². The molecular weight excluding hydrogens is 262 g/mol. The van der Waals surface area contributed by atoms with E-state index in [4.69, 9.17) is 4.74 Å². The summed E-state index contributed by atoms with van der Waals surface area (Å²) in [5.74, 6) is -1.60. The first-order valence-electron chi connectivity index (χ1n) is 6.96. The summed E-state index contributed by atoms with van der Waals surface area (Å²) in [6.07, 6.45) is 0. The van der Waals surface area contributed by atoms with E-state index in [1.165, 1.54) is 12.1 Å². The quantitative estimate of drug-likeness (QED) is 0.897. The van der Waals surface area contributed by atoms with Crippen LogP contribution >= 0.6 is 0 Å². The smallest absolute Gasteiger partial charge is 0.159 e. The van der Waals surface area contributed by atoms with Crippen LogP contribution in [-0.2, 0) is 11.3 Å². The van der Waals surface area contributed by atoms with E-state index in [9.17, 15) is 8.78 Å². The number of hydrogen-bond acceptors (Lipinski definition) is 3. The fourth-order valence-electron chi connectivity index (χ4n) is 2.44. The van der Waals surface area contributed by atoms with Gasteiger partial charge in [-0.15, -0.1) is 0 Å². The van der Waals surface area contributed by atoms with E-state index in [0.717, 1.165) is 38.4 Å². The maximum atomic E-state index is 13.1. The normalized spacial score (nSPS) is 17.4. The number of nitrogens with zero attached hydrogens (tertiary/aromatic N) is 1. The lowest BCUT2D eigenvalue weighted by Crippen LogP contribution is -2.54. The average molecular weight is 284 g/mol. The first-order valence-corrected chi connectivity index (χ1v) is 6.96. The van der Waals surface area contributed by atoms with E-state index in [1.807, 2.05) is 0 Å². The van der Waals surface area contributed by atoms with Crippen molar-refractivity contribution in [1.29, 1.82) is 0 Å². The van der Waals surface area contributed by atoms with Gasteiger partial charge < -0.3 is 10.1 Å². The molecule has 1 fully saturated rings. The molecule has 112 valence electrons. The molecule has 0 bridgehead atoms. The van der Waals surface area contributed by atoms with Crippen LogP contribution in [-0.4, -0.2) is 43.3 Å². The number of rotatable bonds is 5. The summed E-state index contributed by atoms with van der Waals surface area (Å²) >= 11 is 0. The van der Waals surface area contributed by atoms with Gasteiger partial charge in [-0.2, -0.15) is 0 Å². The molecule has 1 aromatic rings. The van der Waals surface area contributed by atoms with Crippen LogP contribution in [0.3, 0.4) is 0 Å². The van der Waals surface area contributed by atoms with Crippen LogP contribution in [0.2, 0.25) is 0 Å². The van der Waals surface area contributed by atoms with E-state index in [0.29, 0.717) is 6.54 Å². The summed E-state index contributed by atoms with van der Waals surface area (Å²) in [5, 5.41) is 3.31. The van der Waals surface area contributed by atoms with Gasteiger partial charge in [0.15, 0.2) is 11.6 Å². The zero-order valence-electron chi connectivity index (χ0n) is 12.1. The van der Waals surface area contributed by atoms with Crippen molar-refractivity contribution in [2.75, 3.05) is 32.8 Å². The van der Waals surface area contributed by atoms with Gasteiger partial charge in [-0.25, -0.2) is 8.78 Å². The Balaban J connectivity index is 1.83. The number of benzene rings is 1. The second-order valence-corrected chi connectivity index (χ2v) is 5.76. The van der Waals surface area contributed by atoms with Gasteiger partial charge in [-0.05, 0) is 31.5 Å². The minimum atomic E-state index is -0.803. The molecule has 3 nitrogen and oxygen atoms in total. The topological polar surface area (TPSA) is 24.5 Å². The van der Waals surface area contributed by atoms with Gasteiger partial charge in [0.1, 0.15) is 0 Å². The van der Waals surface area contributed by atoms with Crippen molar-refractivity contribution in [2.24, 2.45) is 0 Å². The lowest BCUT2D eigenvalue weighted by molar-refractivity contribution is -0.00967. The third kappa shape index (κ3) is 3.98. The molecule has 1 aliphatic heterocycles. The van der Waals surface area contributed by atoms with E-state index in [1.54, 1.807) is 6.07 Å². The average Bonchev–Trinajstić information content (AvgIpc) is 2.44. The van der Waals surface area contributed by atoms with Gasteiger partial charge in [-0.3, -0.25) is 4.90 Å². The monoisotopic (exact) mass is 284 g/mol. The predicted octanol–water partition coefficient (Wildman–Crippen LogP) is 2.17. The maximum Gasteiger partial charge on any atom is 0.159 e. The molecule has 0 spiro atoms. The van der Waals surface area contributed by atoms with Crippen molar-refractivity contribution in [3.8, 4) is 0 Å². The highest BCUT2D eigenvalue weighted by molar-refractivity contribution is 5.17. The fourth-order valence-corrected chi connectivity index (χ4v) is 2.44. The van der Waals surface area contributed by atoms with Crippen molar-refractivity contribution in [3.63, 3.8) is 0 Å². The van der Waals surface area contributed by atoms with Gasteiger partial charge in [-0.1, -0.05) is 6.07 Å². The van der Waals surface area contributed by atoms with Gasteiger partial charge in [0.2, 0.25) is 0 Å². The Morgan fingerprint density at radius 1 is 1.20 bits per heavy atom. The van der Waals surface area contributed by atoms with Crippen LogP contribution in [0.15, 0.2) is 18.2 Å². The molecule has 0 radical (unpaired) electrons. The maximum absolute atomic E-state index is 13.1. The number of hydrogen-bond donors (Lipinski definition) is 1. The third-order valence-electron chi connectivity index (χ3n) is 3.74. The van der Waals surface area contributed by atoms with Gasteiger partial charge in [0.05, 0.1) is 13.2 Å². The van der Waals surface area contributed by atoms with E-state index in [-0.39, 0.29) is 5.54 Å². The van der Waals surface area contributed by atoms with Crippen molar-refractivity contribution >= 4 is 0 Å². The lowest BCUT2D eigenvalue weighted by atomic mass is 10.0. The Morgan fingerprint density at radius 3 is 2.55 bits per heavy atom. The summed E-state index contributed by atoms with van der Waals surface area (Å²) in [7, 11) is 0. The standard InChI is InChI=1S/C15H22F2N2O/c1-15(2,19-5-7-20-8-6-19)11-18-10-12-3-4-13(16)14(17)9-12/h3-4,9,18H,5-8,10-11H2,1-2H3. The molecule has 0 amide bonds. The highest BCUT2D eigenvalue weighted by Crippen LogP contribution is 2.15. The molecule has 1 heterocycles. The minimum absolute atomic E-state index is 0.0162. The second-order valence-electron chi connectivity index (χ2n) is 5.76. The van der Waals surface area contributed by atoms with Crippen molar-refractivity contribution in [1.82, 2.24) is 10.2 Å². The summed E-state index contributed by atoms with van der Waals surface area (Å²) in [6, 6.07) is 4.01. The zero-order chi connectivity index (χ0) is 14.6. The van der Waals surface area contributed by atoms with Crippen LogP contribution in [0.5, 0.6) is 0 Å². The Labute approximate surface area is 118 Å². The van der Waals surface area contributed by atoms with E-state index < -0.39 is 11.6 Å². The molecule has 1 N–H and O–H groups in total. The molecule has 1 aliphatic rings. The Kier molecular flexibility index (Phi) is 5.07. The van der Waals surface area contributed by atoms with Gasteiger partial charge in [0.25, 0.3) is 0 Å². The highest BCUT2D eigenvalue weighted by Gasteiger charge is 2.27. The predicted molar refractivity (Wildman–Crippen MR) is 74.5 cm³/mol. The van der Waals surface area contributed by atoms with Crippen molar-refractivity contribution in [3.05, 3.63) is 35.4 Å². The molecular formula is C15H22F2N2O. The molecule has 0 atom stereocenters. The number of halogens is 2. The van der Waals surface area contributed by atoms with Crippen LogP contribution in [0.4, 0.5) is 8.78 Å². The molecule has 1 saturated heterocycles. The summed E-state index contributed by atoms with van der Waals surface area (Å²) in [6.45, 7) is 9.07. The van der Waals surface area contributed by atoms with E-state index in [2.05, 4.69) is 24.1 Å². The number of morpholine rings is 1. The summed E-state index contributed by atoms with van der Waals surface area (Å²) < 4.78 is 31.3. The molecule has 0 aromatic heterocycles. The molecule has 5 heteroatoms. The largest absolute Gasteiger partial charge is 0.379 e. The van der Waals surface area contributed by atoms with Gasteiger partial charge >= 0.3 is 0 Å². The third-order valence-corrected chi connectivity index (χ3v) is 3.74. The SMILES string of the molecule is CC(C)(CNCc1ccc(F)c(F)c1)N1CCOCC1. The fraction of sp³-hybridized carbons (Fsp3) is 0.600. The van der Waals surface area contributed by atoms with Crippen LogP contribution in [0.25, 0.3) is 0 Å². The Morgan fingerprint density at radius 2 is 1.90 bits per heavy atom. The first-order chi connectivity index (χ1) is 9.49. The van der Waals surface area contributed by atoms with Gasteiger partial charge in [0, 0.05) is 31.7 Å². The molecule has 20 heavy (non-hydrogen) atoms. The minimum Gasteiger partial charge on any atom is -0.379 e. The van der Waals surface area contributed by atoms with Crippen molar-refractivity contribution < 1.29 is 13.5 Å². The number of ether oxygens (including phenoxy) is 1. The zero-order valence-corrected chi connectivity index (χ0v) is 12.1. The van der Waals surface area contributed by atoms with E-state index >= 15 is 0 Å². The summed E-state index contributed by atoms with van der Waals surface area (Å²) in [5.41, 5.74) is 0.768. The van der Waals surface area contributed by atoms with Crippen molar-refractivity contribution in [2.45, 2.75) is 25.9 Å². The molecule has 2 rings (SSSR count). The lowest BCUT2D eigenvalue weighted by Gasteiger charge is -2.41. The second kappa shape index (κ2) is 6.61. The molecule has 0 unspecified atom stereocenters. The Hall–Kier alpha value is -1.04. The highest BCUT2D eigenvalue weighted by atomic mass is 19.2. The molecule has 0 aliphatic carbocycles. The Bertz CT molecular complexity index is 445. The van der Waals surface area contributed by atoms with Crippen LogP contribution < -0.4 is 5.32 Å². The number of nitrogens with one attached hydrogen (secondary N) is 1. The summed E-state index contributed by atoms with van der Waals surface area (Å²) in [4.78, 5) is 2.38. The molecule has 1 aromatic carbocycles. The molecule has 0 saturated carbocycles. The van der Waals surface area contributed by atoms with Crippen LogP contribution in [0.1, 0.15) is 19.4 Å². The first kappa shape index (κ1) is 15.4.